The number of rotatable bonds is 8. The van der Waals surface area contributed by atoms with Crippen LogP contribution in [0.5, 0.6) is 11.5 Å². The monoisotopic (exact) mass is 380 g/mol. The first kappa shape index (κ1) is 19.5. The zero-order chi connectivity index (χ0) is 19.9. The van der Waals surface area contributed by atoms with Crippen LogP contribution in [0.15, 0.2) is 59.4 Å². The molecule has 1 aromatic heterocycles. The van der Waals surface area contributed by atoms with E-state index in [0.717, 1.165) is 22.2 Å². The maximum absolute atomic E-state index is 12.2. The number of hydrogen-bond donors (Lipinski definition) is 1. The third-order valence-corrected chi connectivity index (χ3v) is 4.41. The summed E-state index contributed by atoms with van der Waals surface area (Å²) < 4.78 is 12.8. The van der Waals surface area contributed by atoms with E-state index in [9.17, 15) is 9.59 Å². The van der Waals surface area contributed by atoms with Crippen LogP contribution in [-0.4, -0.2) is 30.2 Å². The largest absolute Gasteiger partial charge is 0.492 e. The Morgan fingerprint density at radius 3 is 2.57 bits per heavy atom. The molecule has 3 aromatic rings. The first-order valence-corrected chi connectivity index (χ1v) is 9.30. The van der Waals surface area contributed by atoms with Gasteiger partial charge in [-0.2, -0.15) is 0 Å². The quantitative estimate of drug-likeness (QED) is 0.610. The SMILES string of the molecule is CCn1c(=O)cc(C)c2ccc(OCC(=O)NCCOc3ccccc3)cc21. The molecule has 0 aliphatic rings. The minimum atomic E-state index is -0.228. The van der Waals surface area contributed by atoms with E-state index in [2.05, 4.69) is 5.32 Å². The fourth-order valence-electron chi connectivity index (χ4n) is 3.02. The van der Waals surface area contributed by atoms with Crippen molar-refractivity contribution in [2.24, 2.45) is 0 Å². The van der Waals surface area contributed by atoms with Crippen LogP contribution in [0.25, 0.3) is 10.9 Å². The molecular weight excluding hydrogens is 356 g/mol. The number of hydrogen-bond acceptors (Lipinski definition) is 4. The van der Waals surface area contributed by atoms with Gasteiger partial charge >= 0.3 is 0 Å². The Balaban J connectivity index is 1.54. The van der Waals surface area contributed by atoms with Crippen molar-refractivity contribution in [3.05, 3.63) is 70.5 Å². The minimum absolute atomic E-state index is 0.0409. The van der Waals surface area contributed by atoms with Crippen molar-refractivity contribution in [2.75, 3.05) is 19.8 Å². The molecule has 28 heavy (non-hydrogen) atoms. The Labute approximate surface area is 163 Å². The molecular formula is C22H24N2O4. The average Bonchev–Trinajstić information content (AvgIpc) is 2.70. The number of nitrogens with one attached hydrogen (secondary N) is 1. The number of amides is 1. The van der Waals surface area contributed by atoms with Gasteiger partial charge in [-0.1, -0.05) is 18.2 Å². The molecule has 0 bridgehead atoms. The summed E-state index contributed by atoms with van der Waals surface area (Å²) >= 11 is 0. The summed E-state index contributed by atoms with van der Waals surface area (Å²) in [7, 11) is 0. The smallest absolute Gasteiger partial charge is 0.258 e. The van der Waals surface area contributed by atoms with E-state index in [-0.39, 0.29) is 18.1 Å². The van der Waals surface area contributed by atoms with Crippen LogP contribution in [0, 0.1) is 6.92 Å². The zero-order valence-electron chi connectivity index (χ0n) is 16.1. The molecule has 0 fully saturated rings. The van der Waals surface area contributed by atoms with Gasteiger partial charge in [0.1, 0.15) is 18.1 Å². The normalized spacial score (nSPS) is 10.6. The van der Waals surface area contributed by atoms with Gasteiger partial charge in [0.15, 0.2) is 6.61 Å². The molecule has 2 aromatic carbocycles. The van der Waals surface area contributed by atoms with Crippen LogP contribution in [0.4, 0.5) is 0 Å². The van der Waals surface area contributed by atoms with Crippen molar-refractivity contribution in [2.45, 2.75) is 20.4 Å². The molecule has 0 atom stereocenters. The highest BCUT2D eigenvalue weighted by atomic mass is 16.5. The standard InChI is InChI=1S/C22H24N2O4/c1-3-24-20-14-18(9-10-19(20)16(2)13-22(24)26)28-15-21(25)23-11-12-27-17-7-5-4-6-8-17/h4-10,13-14H,3,11-12,15H2,1-2H3,(H,23,25). The molecule has 6 nitrogen and oxygen atoms in total. The average molecular weight is 380 g/mol. The van der Waals surface area contributed by atoms with Crippen LogP contribution in [0.1, 0.15) is 12.5 Å². The molecule has 0 saturated heterocycles. The Hall–Kier alpha value is -3.28. The summed E-state index contributed by atoms with van der Waals surface area (Å²) in [4.78, 5) is 24.1. The number of pyridine rings is 1. The van der Waals surface area contributed by atoms with Crippen LogP contribution < -0.4 is 20.3 Å². The van der Waals surface area contributed by atoms with Crippen molar-refractivity contribution in [3.8, 4) is 11.5 Å². The van der Waals surface area contributed by atoms with E-state index in [4.69, 9.17) is 9.47 Å². The van der Waals surface area contributed by atoms with Crippen LogP contribution >= 0.6 is 0 Å². The second-order valence-corrected chi connectivity index (χ2v) is 6.39. The molecule has 0 aliphatic carbocycles. The fourth-order valence-corrected chi connectivity index (χ4v) is 3.02. The van der Waals surface area contributed by atoms with Gasteiger partial charge in [0.25, 0.3) is 11.5 Å². The van der Waals surface area contributed by atoms with Crippen molar-refractivity contribution < 1.29 is 14.3 Å². The third-order valence-electron chi connectivity index (χ3n) is 4.41. The van der Waals surface area contributed by atoms with Gasteiger partial charge in [-0.05, 0) is 43.7 Å². The second-order valence-electron chi connectivity index (χ2n) is 6.39. The summed E-state index contributed by atoms with van der Waals surface area (Å²) in [5.74, 6) is 1.09. The lowest BCUT2D eigenvalue weighted by Crippen LogP contribution is -2.32. The third kappa shape index (κ3) is 4.71. The predicted molar refractivity (Wildman–Crippen MR) is 109 cm³/mol. The number of nitrogens with zero attached hydrogens (tertiary/aromatic N) is 1. The molecule has 1 heterocycles. The summed E-state index contributed by atoms with van der Waals surface area (Å²) in [6.45, 7) is 5.08. The Morgan fingerprint density at radius 1 is 1.04 bits per heavy atom. The molecule has 6 heteroatoms. The Morgan fingerprint density at radius 2 is 1.82 bits per heavy atom. The number of benzene rings is 2. The lowest BCUT2D eigenvalue weighted by atomic mass is 10.1. The minimum Gasteiger partial charge on any atom is -0.492 e. The number of fused-ring (bicyclic) bond motifs is 1. The summed E-state index contributed by atoms with van der Waals surface area (Å²) in [5, 5.41) is 3.75. The Bertz CT molecular complexity index is 1010. The molecule has 1 N–H and O–H groups in total. The van der Waals surface area contributed by atoms with Crippen molar-refractivity contribution in [1.29, 1.82) is 0 Å². The maximum Gasteiger partial charge on any atom is 0.258 e. The van der Waals surface area contributed by atoms with E-state index in [0.29, 0.717) is 25.4 Å². The maximum atomic E-state index is 12.2. The van der Waals surface area contributed by atoms with Gasteiger partial charge < -0.3 is 19.4 Å². The number of carbonyl (C=O) groups is 1. The molecule has 3 rings (SSSR count). The van der Waals surface area contributed by atoms with E-state index in [1.807, 2.05) is 56.3 Å². The van der Waals surface area contributed by atoms with E-state index in [1.165, 1.54) is 0 Å². The lowest BCUT2D eigenvalue weighted by Gasteiger charge is -2.12. The summed E-state index contributed by atoms with van der Waals surface area (Å²) in [6.07, 6.45) is 0. The van der Waals surface area contributed by atoms with Crippen LogP contribution in [0.2, 0.25) is 0 Å². The highest BCUT2D eigenvalue weighted by molar-refractivity contribution is 5.84. The van der Waals surface area contributed by atoms with Crippen molar-refractivity contribution in [3.63, 3.8) is 0 Å². The molecule has 146 valence electrons. The number of carbonyl (C=O) groups excluding carboxylic acids is 1. The van der Waals surface area contributed by atoms with Gasteiger partial charge in [0.2, 0.25) is 0 Å². The molecule has 0 spiro atoms. The van der Waals surface area contributed by atoms with Gasteiger partial charge in [0, 0.05) is 24.1 Å². The number of ether oxygens (including phenoxy) is 2. The highest BCUT2D eigenvalue weighted by Gasteiger charge is 2.08. The number of aryl methyl sites for hydroxylation is 2. The van der Waals surface area contributed by atoms with Gasteiger partial charge in [-0.25, -0.2) is 0 Å². The topological polar surface area (TPSA) is 69.6 Å². The first-order chi connectivity index (χ1) is 13.6. The second kappa shape index (κ2) is 9.08. The van der Waals surface area contributed by atoms with Gasteiger partial charge in [0.05, 0.1) is 12.1 Å². The van der Waals surface area contributed by atoms with Crippen LogP contribution in [0.3, 0.4) is 0 Å². The van der Waals surface area contributed by atoms with Gasteiger partial charge in [-0.15, -0.1) is 0 Å². The molecule has 0 unspecified atom stereocenters. The zero-order valence-corrected chi connectivity index (χ0v) is 16.1. The van der Waals surface area contributed by atoms with E-state index >= 15 is 0 Å². The Kier molecular flexibility index (Phi) is 6.32. The highest BCUT2D eigenvalue weighted by Crippen LogP contribution is 2.22. The van der Waals surface area contributed by atoms with E-state index in [1.54, 1.807) is 16.7 Å². The van der Waals surface area contributed by atoms with Crippen LogP contribution in [-0.2, 0) is 11.3 Å². The molecule has 0 saturated carbocycles. The predicted octanol–water partition coefficient (Wildman–Crippen LogP) is 2.90. The lowest BCUT2D eigenvalue weighted by molar-refractivity contribution is -0.123. The summed E-state index contributed by atoms with van der Waals surface area (Å²) in [5.41, 5.74) is 1.69. The van der Waals surface area contributed by atoms with E-state index < -0.39 is 0 Å². The van der Waals surface area contributed by atoms with Gasteiger partial charge in [-0.3, -0.25) is 9.59 Å². The van der Waals surface area contributed by atoms with Crippen molar-refractivity contribution in [1.82, 2.24) is 9.88 Å². The first-order valence-electron chi connectivity index (χ1n) is 9.30. The molecule has 1 amide bonds. The molecule has 0 radical (unpaired) electrons. The molecule has 0 aliphatic heterocycles. The summed E-state index contributed by atoms with van der Waals surface area (Å²) in [6, 6.07) is 16.6. The fraction of sp³-hybridized carbons (Fsp3) is 0.273. The number of para-hydroxylation sites is 1. The number of aromatic nitrogens is 1. The van der Waals surface area contributed by atoms with Crippen molar-refractivity contribution >= 4 is 16.8 Å².